The number of hydrogen-bond donors (Lipinski definition) is 1. The Balaban J connectivity index is 0.000000810. The van der Waals surface area contributed by atoms with Gasteiger partial charge in [0, 0.05) is 13.2 Å². The van der Waals surface area contributed by atoms with Gasteiger partial charge in [-0.2, -0.15) is 5.26 Å². The fourth-order valence-corrected chi connectivity index (χ4v) is 0.637. The molecular weight excluding hydrogens is 126 g/mol. The molecule has 3 heteroatoms. The van der Waals surface area contributed by atoms with Gasteiger partial charge in [0.25, 0.3) is 0 Å². The lowest BCUT2D eigenvalue weighted by Crippen LogP contribution is -1.95. The molecule has 0 unspecified atom stereocenters. The fraction of sp³-hybridized carbons (Fsp3) is 0.286. The quantitative estimate of drug-likeness (QED) is 0.582. The monoisotopic (exact) mass is 137 g/mol. The first kappa shape index (κ1) is 8.57. The highest BCUT2D eigenvalue weighted by Gasteiger charge is 1.98. The van der Waals surface area contributed by atoms with Crippen LogP contribution in [-0.2, 0) is 7.05 Å². The van der Waals surface area contributed by atoms with Gasteiger partial charge in [-0.3, -0.25) is 0 Å². The molecule has 0 amide bonds. The number of hydrogen-bond acceptors (Lipinski definition) is 2. The topological polar surface area (TPSA) is 54.7 Å². The Morgan fingerprint density at radius 3 is 2.50 bits per heavy atom. The van der Waals surface area contributed by atoms with Gasteiger partial charge in [-0.1, -0.05) is 7.43 Å². The summed E-state index contributed by atoms with van der Waals surface area (Å²) in [5, 5.41) is 8.39. The minimum absolute atomic E-state index is 0. The van der Waals surface area contributed by atoms with Crippen molar-refractivity contribution >= 4 is 5.82 Å². The van der Waals surface area contributed by atoms with Gasteiger partial charge in [0.1, 0.15) is 11.9 Å². The highest BCUT2D eigenvalue weighted by molar-refractivity contribution is 5.49. The second-order valence-corrected chi connectivity index (χ2v) is 1.84. The number of aryl methyl sites for hydroxylation is 1. The number of aromatic nitrogens is 1. The van der Waals surface area contributed by atoms with Crippen molar-refractivity contribution in [3.8, 4) is 6.07 Å². The normalized spacial score (nSPS) is 8.00. The van der Waals surface area contributed by atoms with Crippen LogP contribution >= 0.6 is 0 Å². The van der Waals surface area contributed by atoms with Crippen LogP contribution in [0.4, 0.5) is 5.82 Å². The van der Waals surface area contributed by atoms with Crippen molar-refractivity contribution < 1.29 is 0 Å². The molecule has 1 aromatic heterocycles. The molecule has 54 valence electrons. The number of nitriles is 1. The van der Waals surface area contributed by atoms with E-state index in [0.29, 0.717) is 11.4 Å². The van der Waals surface area contributed by atoms with E-state index < -0.39 is 0 Å². The highest BCUT2D eigenvalue weighted by Crippen LogP contribution is 2.08. The Morgan fingerprint density at radius 2 is 2.30 bits per heavy atom. The molecule has 0 saturated carbocycles. The average molecular weight is 137 g/mol. The zero-order valence-electron chi connectivity index (χ0n) is 5.13. The van der Waals surface area contributed by atoms with E-state index in [1.165, 1.54) is 0 Å². The Morgan fingerprint density at radius 1 is 1.70 bits per heavy atom. The van der Waals surface area contributed by atoms with E-state index in [4.69, 9.17) is 11.0 Å². The maximum Gasteiger partial charge on any atom is 0.121 e. The van der Waals surface area contributed by atoms with Crippen LogP contribution in [0.25, 0.3) is 0 Å². The summed E-state index contributed by atoms with van der Waals surface area (Å²) in [7, 11) is 1.80. The summed E-state index contributed by atoms with van der Waals surface area (Å²) in [6.45, 7) is 0. The van der Waals surface area contributed by atoms with Crippen LogP contribution in [0.5, 0.6) is 0 Å². The van der Waals surface area contributed by atoms with Gasteiger partial charge >= 0.3 is 0 Å². The second kappa shape index (κ2) is 2.92. The molecule has 0 spiro atoms. The number of nitrogens with two attached hydrogens (primary N) is 1. The smallest absolute Gasteiger partial charge is 0.121 e. The van der Waals surface area contributed by atoms with Crippen LogP contribution < -0.4 is 5.73 Å². The van der Waals surface area contributed by atoms with Crippen molar-refractivity contribution in [1.29, 1.82) is 5.26 Å². The van der Waals surface area contributed by atoms with Crippen molar-refractivity contribution in [2.24, 2.45) is 7.05 Å². The first-order valence-corrected chi connectivity index (χ1v) is 2.56. The van der Waals surface area contributed by atoms with Crippen molar-refractivity contribution in [2.45, 2.75) is 7.43 Å². The van der Waals surface area contributed by atoms with Crippen molar-refractivity contribution in [3.63, 3.8) is 0 Å². The molecule has 0 aliphatic carbocycles. The third-order valence-electron chi connectivity index (χ3n) is 1.24. The van der Waals surface area contributed by atoms with Crippen LogP contribution in [0.2, 0.25) is 0 Å². The van der Waals surface area contributed by atoms with Gasteiger partial charge in [0.05, 0.1) is 5.56 Å². The average Bonchev–Trinajstić information content (AvgIpc) is 2.15. The molecule has 0 saturated heterocycles. The SMILES string of the molecule is C.Cn1ccc(C#N)c1N. The molecule has 0 bridgehead atoms. The summed E-state index contributed by atoms with van der Waals surface area (Å²) >= 11 is 0. The third-order valence-corrected chi connectivity index (χ3v) is 1.24. The lowest BCUT2D eigenvalue weighted by atomic mass is 10.3. The zero-order valence-corrected chi connectivity index (χ0v) is 5.13. The molecule has 1 heterocycles. The molecule has 2 N–H and O–H groups in total. The molecule has 0 radical (unpaired) electrons. The molecule has 3 nitrogen and oxygen atoms in total. The third kappa shape index (κ3) is 1.11. The van der Waals surface area contributed by atoms with E-state index in [1.807, 2.05) is 6.07 Å². The molecule has 0 aliphatic heterocycles. The molecule has 0 fully saturated rings. The molecule has 1 rings (SSSR count). The van der Waals surface area contributed by atoms with E-state index in [0.717, 1.165) is 0 Å². The Hall–Kier alpha value is -1.43. The maximum absolute atomic E-state index is 8.39. The molecule has 1 aromatic rings. The van der Waals surface area contributed by atoms with E-state index in [2.05, 4.69) is 0 Å². The minimum Gasteiger partial charge on any atom is -0.384 e. The van der Waals surface area contributed by atoms with E-state index in [1.54, 1.807) is 23.9 Å². The van der Waals surface area contributed by atoms with Gasteiger partial charge < -0.3 is 10.3 Å². The van der Waals surface area contributed by atoms with Gasteiger partial charge in [-0.05, 0) is 6.07 Å². The summed E-state index contributed by atoms with van der Waals surface area (Å²) in [4.78, 5) is 0. The number of nitrogen functional groups attached to an aromatic ring is 1. The molecule has 10 heavy (non-hydrogen) atoms. The van der Waals surface area contributed by atoms with E-state index in [-0.39, 0.29) is 7.43 Å². The summed E-state index contributed by atoms with van der Waals surface area (Å²) in [5.74, 6) is 0.525. The van der Waals surface area contributed by atoms with E-state index in [9.17, 15) is 0 Å². The molecule has 0 aliphatic rings. The largest absolute Gasteiger partial charge is 0.384 e. The van der Waals surface area contributed by atoms with Crippen LogP contribution in [0.15, 0.2) is 12.3 Å². The van der Waals surface area contributed by atoms with Gasteiger partial charge in [0.15, 0.2) is 0 Å². The van der Waals surface area contributed by atoms with Gasteiger partial charge in [0.2, 0.25) is 0 Å². The van der Waals surface area contributed by atoms with Crippen molar-refractivity contribution in [2.75, 3.05) is 5.73 Å². The van der Waals surface area contributed by atoms with E-state index >= 15 is 0 Å². The highest BCUT2D eigenvalue weighted by atomic mass is 15.0. The first-order chi connectivity index (χ1) is 4.25. The summed E-state index contributed by atoms with van der Waals surface area (Å²) in [6, 6.07) is 3.66. The molecular formula is C7H11N3. The second-order valence-electron chi connectivity index (χ2n) is 1.84. The number of rotatable bonds is 0. The summed E-state index contributed by atoms with van der Waals surface area (Å²) in [5.41, 5.74) is 5.99. The summed E-state index contributed by atoms with van der Waals surface area (Å²) in [6.07, 6.45) is 1.76. The molecule has 0 aromatic carbocycles. The van der Waals surface area contributed by atoms with Crippen LogP contribution in [0.1, 0.15) is 13.0 Å². The first-order valence-electron chi connectivity index (χ1n) is 2.56. The lowest BCUT2D eigenvalue weighted by molar-refractivity contribution is 0.940. The van der Waals surface area contributed by atoms with Crippen molar-refractivity contribution in [1.82, 2.24) is 4.57 Å². The maximum atomic E-state index is 8.39. The standard InChI is InChI=1S/C6H7N3.CH4/c1-9-3-2-5(4-7)6(9)8;/h2-3H,8H2,1H3;1H4. The Labute approximate surface area is 60.7 Å². The lowest BCUT2D eigenvalue weighted by Gasteiger charge is -1.92. The van der Waals surface area contributed by atoms with Crippen LogP contribution in [0.3, 0.4) is 0 Å². The minimum atomic E-state index is 0. The van der Waals surface area contributed by atoms with Gasteiger partial charge in [-0.25, -0.2) is 0 Å². The Kier molecular flexibility index (Phi) is 2.51. The Bertz CT molecular complexity index is 254. The fourth-order valence-electron chi connectivity index (χ4n) is 0.637. The predicted molar refractivity (Wildman–Crippen MR) is 41.3 cm³/mol. The predicted octanol–water partition coefficient (Wildman–Crippen LogP) is 1.12. The van der Waals surface area contributed by atoms with Crippen LogP contribution in [0, 0.1) is 11.3 Å². The number of anilines is 1. The van der Waals surface area contributed by atoms with Crippen LogP contribution in [-0.4, -0.2) is 4.57 Å². The number of nitrogens with zero attached hydrogens (tertiary/aromatic N) is 2. The van der Waals surface area contributed by atoms with Crippen molar-refractivity contribution in [3.05, 3.63) is 17.8 Å². The molecule has 0 atom stereocenters. The summed E-state index contributed by atoms with van der Waals surface area (Å²) < 4.78 is 1.71. The van der Waals surface area contributed by atoms with Gasteiger partial charge in [-0.15, -0.1) is 0 Å². The zero-order chi connectivity index (χ0) is 6.85.